The lowest BCUT2D eigenvalue weighted by Gasteiger charge is -2.72. The van der Waals surface area contributed by atoms with E-state index in [0.29, 0.717) is 24.8 Å². The van der Waals surface area contributed by atoms with Gasteiger partial charge in [0.25, 0.3) is 0 Å². The van der Waals surface area contributed by atoms with Crippen molar-refractivity contribution < 1.29 is 23.9 Å². The van der Waals surface area contributed by atoms with Gasteiger partial charge in [-0.15, -0.1) is 0 Å². The van der Waals surface area contributed by atoms with E-state index < -0.39 is 11.4 Å². The van der Waals surface area contributed by atoms with Crippen LogP contribution in [-0.2, 0) is 25.7 Å². The van der Waals surface area contributed by atoms with Gasteiger partial charge in [-0.05, 0) is 108 Å². The number of carbonyl (C=O) groups is 4. The fraction of sp³-hybridized carbons (Fsp3) is 0.700. The van der Waals surface area contributed by atoms with Crippen LogP contribution in [0, 0.1) is 50.7 Å². The first-order valence-corrected chi connectivity index (χ1v) is 18.3. The van der Waals surface area contributed by atoms with Crippen molar-refractivity contribution in [2.45, 2.75) is 126 Å². The SMILES string of the molecule is CC(=O)O[C@H]1CC[C@]2(C)[C@H]3CC[C@@H]4C5=C(C(C)C)C(=O)C[C@]5(C(=O)NNC(=O)NCc5ccccc5)CC[C@@]4(C)[C@]3(C)CC[C@H]2C1(C)C. The molecule has 0 bridgehead atoms. The van der Waals surface area contributed by atoms with E-state index in [9.17, 15) is 19.2 Å². The van der Waals surface area contributed by atoms with E-state index in [-0.39, 0.29) is 63.7 Å². The lowest BCUT2D eigenvalue weighted by Crippen LogP contribution is -2.66. The van der Waals surface area contributed by atoms with Gasteiger partial charge in [-0.1, -0.05) is 78.8 Å². The molecule has 48 heavy (non-hydrogen) atoms. The Bertz CT molecular complexity index is 1520. The van der Waals surface area contributed by atoms with Crippen LogP contribution in [0.3, 0.4) is 0 Å². The Balaban J connectivity index is 1.27. The molecule has 4 fully saturated rings. The van der Waals surface area contributed by atoms with Gasteiger partial charge in [0.2, 0.25) is 5.91 Å². The Hall–Kier alpha value is -3.16. The van der Waals surface area contributed by atoms with Gasteiger partial charge in [0.1, 0.15) is 6.10 Å². The first-order chi connectivity index (χ1) is 22.5. The number of hydrogen-bond acceptors (Lipinski definition) is 5. The van der Waals surface area contributed by atoms with Crippen LogP contribution >= 0.6 is 0 Å². The van der Waals surface area contributed by atoms with E-state index in [1.54, 1.807) is 0 Å². The zero-order valence-electron chi connectivity index (χ0n) is 30.4. The van der Waals surface area contributed by atoms with E-state index in [1.807, 2.05) is 30.3 Å². The molecule has 4 saturated carbocycles. The average molecular weight is 660 g/mol. The van der Waals surface area contributed by atoms with Gasteiger partial charge in [0, 0.05) is 25.3 Å². The average Bonchev–Trinajstić information content (AvgIpc) is 3.34. The van der Waals surface area contributed by atoms with Crippen LogP contribution in [-0.4, -0.2) is 29.8 Å². The second-order valence-electron chi connectivity index (χ2n) is 17.5. The van der Waals surface area contributed by atoms with Crippen molar-refractivity contribution in [3.05, 3.63) is 47.0 Å². The Morgan fingerprint density at radius 1 is 0.854 bits per heavy atom. The molecule has 262 valence electrons. The maximum Gasteiger partial charge on any atom is 0.333 e. The van der Waals surface area contributed by atoms with Gasteiger partial charge in [-0.25, -0.2) is 10.2 Å². The molecule has 0 radical (unpaired) electrons. The topological polar surface area (TPSA) is 114 Å². The van der Waals surface area contributed by atoms with Crippen LogP contribution in [0.2, 0.25) is 0 Å². The number of carbonyl (C=O) groups excluding carboxylic acids is 4. The summed E-state index contributed by atoms with van der Waals surface area (Å²) in [5.74, 6) is 0.713. The minimum Gasteiger partial charge on any atom is -0.462 e. The number of ketones is 1. The number of Topliss-reactive ketones (excluding diaryl/α,β-unsaturated/α-hetero) is 1. The number of ether oxygens (including phenoxy) is 1. The van der Waals surface area contributed by atoms with Crippen LogP contribution in [0.25, 0.3) is 0 Å². The third-order valence-electron chi connectivity index (χ3n) is 14.7. The molecular formula is C40H57N3O5. The smallest absolute Gasteiger partial charge is 0.333 e. The number of fused-ring (bicyclic) bond motifs is 7. The van der Waals surface area contributed by atoms with Crippen molar-refractivity contribution in [3.63, 3.8) is 0 Å². The van der Waals surface area contributed by atoms with E-state index in [4.69, 9.17) is 4.74 Å². The molecule has 0 spiro atoms. The second kappa shape index (κ2) is 12.0. The van der Waals surface area contributed by atoms with E-state index in [2.05, 4.69) is 64.6 Å². The van der Waals surface area contributed by atoms with Crippen molar-refractivity contribution >= 4 is 23.7 Å². The predicted molar refractivity (Wildman–Crippen MR) is 185 cm³/mol. The first kappa shape index (κ1) is 34.7. The maximum atomic E-state index is 14.3. The Morgan fingerprint density at radius 3 is 2.23 bits per heavy atom. The van der Waals surface area contributed by atoms with Crippen LogP contribution in [0.1, 0.15) is 119 Å². The van der Waals surface area contributed by atoms with E-state index in [0.717, 1.165) is 61.7 Å². The molecule has 8 atom stereocenters. The van der Waals surface area contributed by atoms with Crippen molar-refractivity contribution in [3.8, 4) is 0 Å². The zero-order chi connectivity index (χ0) is 34.9. The highest BCUT2D eigenvalue weighted by Crippen LogP contribution is 2.76. The molecule has 0 aliphatic heterocycles. The van der Waals surface area contributed by atoms with Gasteiger partial charge >= 0.3 is 12.0 Å². The fourth-order valence-corrected chi connectivity index (χ4v) is 12.3. The fourth-order valence-electron chi connectivity index (χ4n) is 12.3. The molecule has 8 nitrogen and oxygen atoms in total. The zero-order valence-corrected chi connectivity index (χ0v) is 30.4. The summed E-state index contributed by atoms with van der Waals surface area (Å²) >= 11 is 0. The quantitative estimate of drug-likeness (QED) is 0.225. The summed E-state index contributed by atoms with van der Waals surface area (Å²) in [6, 6.07) is 9.15. The number of nitrogens with one attached hydrogen (secondary N) is 3. The summed E-state index contributed by atoms with van der Waals surface area (Å²) < 4.78 is 5.92. The Labute approximate surface area is 287 Å². The van der Waals surface area contributed by atoms with Gasteiger partial charge in [0.05, 0.1) is 5.41 Å². The maximum absolute atomic E-state index is 14.3. The first-order valence-electron chi connectivity index (χ1n) is 18.3. The number of esters is 1. The van der Waals surface area contributed by atoms with Crippen LogP contribution < -0.4 is 16.2 Å². The Morgan fingerprint density at radius 2 is 1.56 bits per heavy atom. The lowest BCUT2D eigenvalue weighted by atomic mass is 9.33. The minimum absolute atomic E-state index is 0.0165. The molecular weight excluding hydrogens is 602 g/mol. The lowest BCUT2D eigenvalue weighted by molar-refractivity contribution is -0.232. The number of benzene rings is 1. The van der Waals surface area contributed by atoms with Gasteiger partial charge in [-0.2, -0.15) is 0 Å². The van der Waals surface area contributed by atoms with E-state index in [1.165, 1.54) is 6.92 Å². The largest absolute Gasteiger partial charge is 0.462 e. The molecule has 0 aromatic heterocycles. The number of allylic oxidation sites excluding steroid dienone is 1. The summed E-state index contributed by atoms with van der Waals surface area (Å²) in [5.41, 5.74) is 7.24. The van der Waals surface area contributed by atoms with Gasteiger partial charge in [0.15, 0.2) is 5.78 Å². The van der Waals surface area contributed by atoms with Crippen LogP contribution in [0.15, 0.2) is 41.5 Å². The van der Waals surface area contributed by atoms with Gasteiger partial charge < -0.3 is 10.1 Å². The predicted octanol–water partition coefficient (Wildman–Crippen LogP) is 7.43. The van der Waals surface area contributed by atoms with Crippen molar-refractivity contribution in [1.29, 1.82) is 0 Å². The number of urea groups is 1. The molecule has 6 rings (SSSR count). The molecule has 3 N–H and O–H groups in total. The summed E-state index contributed by atoms with van der Waals surface area (Å²) in [7, 11) is 0. The monoisotopic (exact) mass is 659 g/mol. The van der Waals surface area contributed by atoms with Crippen molar-refractivity contribution in [1.82, 2.24) is 16.2 Å². The molecule has 5 aliphatic carbocycles. The molecule has 1 aromatic rings. The normalized spacial score (nSPS) is 38.2. The van der Waals surface area contributed by atoms with E-state index >= 15 is 0 Å². The molecule has 0 saturated heterocycles. The number of hydrogen-bond donors (Lipinski definition) is 3. The van der Waals surface area contributed by atoms with Crippen molar-refractivity contribution in [2.24, 2.45) is 50.7 Å². The highest BCUT2D eigenvalue weighted by atomic mass is 16.5. The molecule has 3 amide bonds. The number of rotatable bonds is 5. The number of amides is 3. The molecule has 5 aliphatic rings. The summed E-state index contributed by atoms with van der Waals surface area (Å²) in [6.07, 6.45) is 7.68. The minimum atomic E-state index is -0.943. The standard InChI is InChI=1S/C40H57N3O5/c1-24(2)32-28(45)22-40(34(46)42-43-35(47)41-23-26-12-10-9-11-13-26)21-20-38(7)27(33(32)40)14-15-30-37(6)18-17-31(48-25(3)44)36(4,5)29(37)16-19-39(30,38)8/h9-13,24,27,29-31H,14-23H2,1-8H3,(H,42,46)(H2,41,43,47)/t27-,29+,30-,31+,37+,38-,39-,40-/m1/s1. The molecule has 8 heteroatoms. The van der Waals surface area contributed by atoms with Crippen LogP contribution in [0.4, 0.5) is 4.79 Å². The third kappa shape index (κ3) is 5.14. The third-order valence-corrected chi connectivity index (χ3v) is 14.7. The summed E-state index contributed by atoms with van der Waals surface area (Å²) in [5, 5.41) is 2.81. The van der Waals surface area contributed by atoms with Crippen molar-refractivity contribution in [2.75, 3.05) is 0 Å². The second-order valence-corrected chi connectivity index (χ2v) is 17.5. The summed E-state index contributed by atoms with van der Waals surface area (Å²) in [4.78, 5) is 52.9. The Kier molecular flexibility index (Phi) is 8.68. The van der Waals surface area contributed by atoms with Crippen LogP contribution in [0.5, 0.6) is 0 Å². The molecule has 0 unspecified atom stereocenters. The number of hydrazine groups is 1. The molecule has 0 heterocycles. The highest BCUT2D eigenvalue weighted by molar-refractivity contribution is 6.07. The highest BCUT2D eigenvalue weighted by Gasteiger charge is 2.71. The summed E-state index contributed by atoms with van der Waals surface area (Å²) in [6.45, 7) is 18.2. The van der Waals surface area contributed by atoms with Gasteiger partial charge in [-0.3, -0.25) is 19.8 Å². The molecule has 1 aromatic carbocycles.